The number of carbonyl (C=O) groups is 1. The van der Waals surface area contributed by atoms with Gasteiger partial charge in [0.2, 0.25) is 0 Å². The van der Waals surface area contributed by atoms with Crippen molar-refractivity contribution in [2.24, 2.45) is 0 Å². The van der Waals surface area contributed by atoms with Gasteiger partial charge in [-0.3, -0.25) is 15.0 Å². The van der Waals surface area contributed by atoms with E-state index in [1.54, 1.807) is 36.1 Å². The van der Waals surface area contributed by atoms with Crippen molar-refractivity contribution < 1.29 is 30.0 Å². The number of aromatic nitrogens is 2. The highest BCUT2D eigenvalue weighted by Gasteiger charge is 2.16. The van der Waals surface area contributed by atoms with Gasteiger partial charge in [-0.15, -0.1) is 0 Å². The van der Waals surface area contributed by atoms with E-state index in [9.17, 15) is 19.8 Å². The maximum Gasteiger partial charge on any atom is 0.411 e. The Morgan fingerprint density at radius 3 is 2.23 bits per heavy atom. The van der Waals surface area contributed by atoms with Crippen LogP contribution in [0.4, 0.5) is 10.5 Å². The van der Waals surface area contributed by atoms with Crippen LogP contribution in [0.3, 0.4) is 0 Å². The van der Waals surface area contributed by atoms with Gasteiger partial charge in [0.05, 0.1) is 44.3 Å². The van der Waals surface area contributed by atoms with E-state index in [-0.39, 0.29) is 31.8 Å². The normalized spacial score (nSPS) is 12.3. The van der Waals surface area contributed by atoms with Crippen molar-refractivity contribution in [3.8, 4) is 11.3 Å². The highest BCUT2D eigenvalue weighted by molar-refractivity contribution is 5.84. The zero-order chi connectivity index (χ0) is 29.5. The molecule has 0 aliphatic carbocycles. The summed E-state index contributed by atoms with van der Waals surface area (Å²) in [4.78, 5) is 25.9. The number of aliphatic hydroxyl groups is 4. The summed E-state index contributed by atoms with van der Waals surface area (Å²) >= 11 is 0. The molecule has 40 heavy (non-hydrogen) atoms. The first-order chi connectivity index (χ1) is 19.3. The van der Waals surface area contributed by atoms with Crippen molar-refractivity contribution in [2.75, 3.05) is 38.2 Å². The van der Waals surface area contributed by atoms with Gasteiger partial charge in [-0.25, -0.2) is 9.48 Å². The lowest BCUT2D eigenvalue weighted by Gasteiger charge is -2.26. The molecule has 0 saturated heterocycles. The van der Waals surface area contributed by atoms with Crippen molar-refractivity contribution in [3.63, 3.8) is 0 Å². The minimum atomic E-state index is -0.966. The van der Waals surface area contributed by atoms with Crippen LogP contribution < -0.4 is 10.9 Å². The Bertz CT molecular complexity index is 1220. The van der Waals surface area contributed by atoms with Gasteiger partial charge in [-0.05, 0) is 36.2 Å². The average molecular weight is 557 g/mol. The third-order valence-corrected chi connectivity index (χ3v) is 5.66. The number of anilines is 1. The molecule has 5 N–H and O–H groups in total. The average Bonchev–Trinajstić information content (AvgIpc) is 2.96. The van der Waals surface area contributed by atoms with Crippen LogP contribution in [-0.4, -0.2) is 86.3 Å². The fourth-order valence-corrected chi connectivity index (χ4v) is 3.88. The van der Waals surface area contributed by atoms with Gasteiger partial charge in [0.25, 0.3) is 5.56 Å². The number of benzene rings is 2. The van der Waals surface area contributed by atoms with Gasteiger partial charge in [0.1, 0.15) is 0 Å². The summed E-state index contributed by atoms with van der Waals surface area (Å²) in [6.07, 6.45) is -2.48. The highest BCUT2D eigenvalue weighted by Crippen LogP contribution is 2.18. The summed E-state index contributed by atoms with van der Waals surface area (Å²) in [7, 11) is 0. The van der Waals surface area contributed by atoms with Crippen LogP contribution in [0.1, 0.15) is 31.9 Å². The number of nitrogens with one attached hydrogen (secondary N) is 1. The SMILES string of the molecule is CC.CCOC(=O)Nc1cccc(Cn2nc(-c3ccc(CN(CC(O)CO)CC(O)CO)cc3)ccc2=O)c1. The molecule has 0 fully saturated rings. The van der Waals surface area contributed by atoms with Crippen LogP contribution in [0.5, 0.6) is 0 Å². The number of aliphatic hydroxyl groups excluding tert-OH is 4. The summed E-state index contributed by atoms with van der Waals surface area (Å²) < 4.78 is 6.25. The Hall–Kier alpha value is -3.61. The van der Waals surface area contributed by atoms with Crippen LogP contribution in [0.15, 0.2) is 65.5 Å². The maximum atomic E-state index is 12.5. The smallest absolute Gasteiger partial charge is 0.411 e. The second-order valence-corrected chi connectivity index (χ2v) is 8.82. The minimum absolute atomic E-state index is 0.137. The minimum Gasteiger partial charge on any atom is -0.450 e. The second kappa shape index (κ2) is 17.2. The molecule has 0 aliphatic heterocycles. The lowest BCUT2D eigenvalue weighted by atomic mass is 10.1. The van der Waals surface area contributed by atoms with Crippen LogP contribution in [-0.2, 0) is 17.8 Å². The Kier molecular flexibility index (Phi) is 14.0. The molecule has 1 amide bonds. The quantitative estimate of drug-likeness (QED) is 0.213. The van der Waals surface area contributed by atoms with Gasteiger partial charge in [-0.2, -0.15) is 5.10 Å². The van der Waals surface area contributed by atoms with Crippen molar-refractivity contribution in [2.45, 2.75) is 46.1 Å². The number of hydrogen-bond acceptors (Lipinski definition) is 9. The van der Waals surface area contributed by atoms with E-state index < -0.39 is 31.5 Å². The fourth-order valence-electron chi connectivity index (χ4n) is 3.88. The number of rotatable bonds is 13. The molecule has 2 aromatic carbocycles. The monoisotopic (exact) mass is 556 g/mol. The third-order valence-electron chi connectivity index (χ3n) is 5.66. The van der Waals surface area contributed by atoms with E-state index in [4.69, 9.17) is 14.9 Å². The molecule has 11 nitrogen and oxygen atoms in total. The Labute approximate surface area is 234 Å². The summed E-state index contributed by atoms with van der Waals surface area (Å²) in [6, 6.07) is 17.6. The van der Waals surface area contributed by atoms with E-state index in [1.807, 2.05) is 44.2 Å². The van der Waals surface area contributed by atoms with Gasteiger partial charge in [0, 0.05) is 37.0 Å². The van der Waals surface area contributed by atoms with Gasteiger partial charge in [-0.1, -0.05) is 50.2 Å². The molecule has 0 spiro atoms. The molecule has 3 rings (SSSR count). The summed E-state index contributed by atoms with van der Waals surface area (Å²) in [5.74, 6) is 0. The molecular formula is C29H40N4O7. The molecule has 11 heteroatoms. The third kappa shape index (κ3) is 10.5. The van der Waals surface area contributed by atoms with Crippen molar-refractivity contribution in [1.82, 2.24) is 14.7 Å². The Morgan fingerprint density at radius 2 is 1.62 bits per heavy atom. The largest absolute Gasteiger partial charge is 0.450 e. The van der Waals surface area contributed by atoms with Crippen LogP contribution in [0.2, 0.25) is 0 Å². The molecule has 218 valence electrons. The highest BCUT2D eigenvalue weighted by atomic mass is 16.5. The summed E-state index contributed by atoms with van der Waals surface area (Å²) in [6.45, 7) is 6.04. The molecule has 0 bridgehead atoms. The number of carbonyl (C=O) groups excluding carboxylic acids is 1. The van der Waals surface area contributed by atoms with Crippen molar-refractivity contribution in [3.05, 3.63) is 82.1 Å². The zero-order valence-electron chi connectivity index (χ0n) is 23.2. The molecule has 2 unspecified atom stereocenters. The molecule has 3 aromatic rings. The van der Waals surface area contributed by atoms with E-state index in [1.165, 1.54) is 10.7 Å². The number of ether oxygens (including phenoxy) is 1. The molecule has 0 saturated carbocycles. The van der Waals surface area contributed by atoms with E-state index in [2.05, 4.69) is 10.4 Å². The van der Waals surface area contributed by atoms with Gasteiger partial charge in [0.15, 0.2) is 0 Å². The molecule has 0 radical (unpaired) electrons. The fraction of sp³-hybridized carbons (Fsp3) is 0.414. The molecule has 0 aliphatic rings. The lowest BCUT2D eigenvalue weighted by molar-refractivity contribution is 0.0204. The number of amides is 1. The van der Waals surface area contributed by atoms with Crippen molar-refractivity contribution >= 4 is 11.8 Å². The first kappa shape index (κ1) is 32.6. The van der Waals surface area contributed by atoms with E-state index >= 15 is 0 Å². The van der Waals surface area contributed by atoms with Crippen LogP contribution >= 0.6 is 0 Å². The van der Waals surface area contributed by atoms with Crippen LogP contribution in [0, 0.1) is 0 Å². The number of nitrogens with zero attached hydrogens (tertiary/aromatic N) is 3. The maximum absolute atomic E-state index is 12.5. The summed E-state index contributed by atoms with van der Waals surface area (Å²) in [5, 5.41) is 45.1. The van der Waals surface area contributed by atoms with Gasteiger partial charge < -0.3 is 25.2 Å². The first-order valence-corrected chi connectivity index (χ1v) is 13.3. The van der Waals surface area contributed by atoms with Crippen LogP contribution in [0.25, 0.3) is 11.3 Å². The lowest BCUT2D eigenvalue weighted by Crippen LogP contribution is -2.39. The molecule has 1 aromatic heterocycles. The predicted octanol–water partition coefficient (Wildman–Crippen LogP) is 2.06. The van der Waals surface area contributed by atoms with Gasteiger partial charge >= 0.3 is 6.09 Å². The molecule has 1 heterocycles. The summed E-state index contributed by atoms with van der Waals surface area (Å²) in [5.41, 5.74) is 3.33. The Balaban J connectivity index is 0.00000274. The van der Waals surface area contributed by atoms with E-state index in [0.29, 0.717) is 17.9 Å². The Morgan fingerprint density at radius 1 is 0.975 bits per heavy atom. The standard InChI is InChI=1S/C27H34N4O7.C2H6/c1-2-38-27(37)28-22-5-3-4-20(12-22)14-31-26(36)11-10-25(29-31)21-8-6-19(7-9-21)13-30(15-23(34)17-32)16-24(35)18-33;1-2/h3-12,23-24,32-35H,2,13-18H2,1H3,(H,28,37);1-2H3. The number of hydrogen-bond donors (Lipinski definition) is 5. The molecule has 2 atom stereocenters. The van der Waals surface area contributed by atoms with Crippen molar-refractivity contribution in [1.29, 1.82) is 0 Å². The first-order valence-electron chi connectivity index (χ1n) is 13.3. The molecular weight excluding hydrogens is 516 g/mol. The zero-order valence-corrected chi connectivity index (χ0v) is 23.2. The second-order valence-electron chi connectivity index (χ2n) is 8.82. The van der Waals surface area contributed by atoms with E-state index in [0.717, 1.165) is 16.7 Å². The predicted molar refractivity (Wildman–Crippen MR) is 153 cm³/mol. The topological polar surface area (TPSA) is 157 Å².